The lowest BCUT2D eigenvalue weighted by Gasteiger charge is -2.08. The zero-order valence-corrected chi connectivity index (χ0v) is 11.6. The highest BCUT2D eigenvalue weighted by Crippen LogP contribution is 2.18. The molecule has 0 aliphatic rings. The van der Waals surface area contributed by atoms with Crippen LogP contribution in [0, 0.1) is 11.6 Å². The van der Waals surface area contributed by atoms with Gasteiger partial charge in [-0.2, -0.15) is 0 Å². The summed E-state index contributed by atoms with van der Waals surface area (Å²) in [4.78, 5) is 8.10. The monoisotopic (exact) mass is 294 g/mol. The molecule has 0 saturated carbocycles. The highest BCUT2D eigenvalue weighted by Gasteiger charge is 2.04. The molecule has 2 N–H and O–H groups in total. The quantitative estimate of drug-likeness (QED) is 0.769. The molecule has 0 bridgehead atoms. The van der Waals surface area contributed by atoms with Crippen LogP contribution in [0.4, 0.5) is 26.1 Å². The van der Waals surface area contributed by atoms with Gasteiger partial charge in [0, 0.05) is 38.1 Å². The molecule has 0 fully saturated rings. The van der Waals surface area contributed by atoms with Crippen molar-refractivity contribution in [2.75, 3.05) is 30.9 Å². The predicted molar refractivity (Wildman–Crippen MR) is 76.7 cm³/mol. The van der Waals surface area contributed by atoms with E-state index in [1.54, 1.807) is 13.2 Å². The van der Waals surface area contributed by atoms with Gasteiger partial charge in [0.1, 0.15) is 18.0 Å². The van der Waals surface area contributed by atoms with Crippen LogP contribution in [0.1, 0.15) is 6.42 Å². The van der Waals surface area contributed by atoms with Crippen molar-refractivity contribution < 1.29 is 13.5 Å². The van der Waals surface area contributed by atoms with E-state index in [9.17, 15) is 8.78 Å². The van der Waals surface area contributed by atoms with Crippen LogP contribution in [0.2, 0.25) is 0 Å². The van der Waals surface area contributed by atoms with E-state index in [-0.39, 0.29) is 0 Å². The smallest absolute Gasteiger partial charge is 0.160 e. The molecule has 0 amide bonds. The number of benzene rings is 1. The summed E-state index contributed by atoms with van der Waals surface area (Å²) in [6.45, 7) is 1.38. The van der Waals surface area contributed by atoms with Crippen LogP contribution in [0.5, 0.6) is 0 Å². The van der Waals surface area contributed by atoms with Crippen LogP contribution in [-0.4, -0.2) is 30.2 Å². The molecule has 0 radical (unpaired) electrons. The first kappa shape index (κ1) is 15.1. The average Bonchev–Trinajstić information content (AvgIpc) is 2.48. The molecule has 21 heavy (non-hydrogen) atoms. The molecule has 7 heteroatoms. The summed E-state index contributed by atoms with van der Waals surface area (Å²) in [7, 11) is 1.65. The Bertz CT molecular complexity index is 595. The number of methoxy groups -OCH3 is 1. The molecule has 0 aliphatic carbocycles. The Morgan fingerprint density at radius 1 is 1.10 bits per heavy atom. The fourth-order valence-corrected chi connectivity index (χ4v) is 1.68. The number of hydrogen-bond acceptors (Lipinski definition) is 5. The van der Waals surface area contributed by atoms with Crippen LogP contribution in [-0.2, 0) is 4.74 Å². The largest absolute Gasteiger partial charge is 0.385 e. The van der Waals surface area contributed by atoms with E-state index < -0.39 is 11.6 Å². The predicted octanol–water partition coefficient (Wildman–Crippen LogP) is 2.95. The number of ether oxygens (including phenoxy) is 1. The Morgan fingerprint density at radius 3 is 2.67 bits per heavy atom. The Hall–Kier alpha value is -2.28. The summed E-state index contributed by atoms with van der Waals surface area (Å²) in [5.74, 6) is -0.660. The summed E-state index contributed by atoms with van der Waals surface area (Å²) < 4.78 is 30.9. The molecule has 0 atom stereocenters. The molecule has 1 aromatic heterocycles. The molecule has 0 aliphatic heterocycles. The van der Waals surface area contributed by atoms with E-state index in [1.807, 2.05) is 0 Å². The summed E-state index contributed by atoms with van der Waals surface area (Å²) in [5, 5.41) is 6.01. The SMILES string of the molecule is COCCCNc1cc(Nc2ccc(F)c(F)c2)ncn1. The van der Waals surface area contributed by atoms with Gasteiger partial charge < -0.3 is 15.4 Å². The minimum absolute atomic E-state index is 0.415. The second-order valence-corrected chi connectivity index (χ2v) is 4.32. The molecule has 0 unspecified atom stereocenters. The zero-order valence-electron chi connectivity index (χ0n) is 11.6. The summed E-state index contributed by atoms with van der Waals surface area (Å²) in [6.07, 6.45) is 2.24. The Balaban J connectivity index is 1.98. The normalized spacial score (nSPS) is 10.4. The third-order valence-electron chi connectivity index (χ3n) is 2.69. The first-order valence-electron chi connectivity index (χ1n) is 6.46. The second-order valence-electron chi connectivity index (χ2n) is 4.32. The van der Waals surface area contributed by atoms with Gasteiger partial charge in [0.05, 0.1) is 0 Å². The third kappa shape index (κ3) is 4.64. The Labute approximate surface area is 121 Å². The minimum atomic E-state index is -0.910. The fourth-order valence-electron chi connectivity index (χ4n) is 1.68. The van der Waals surface area contributed by atoms with Gasteiger partial charge in [-0.1, -0.05) is 0 Å². The molecular formula is C14H16F2N4O. The van der Waals surface area contributed by atoms with E-state index in [2.05, 4.69) is 20.6 Å². The van der Waals surface area contributed by atoms with Gasteiger partial charge in [0.15, 0.2) is 11.6 Å². The van der Waals surface area contributed by atoms with Crippen molar-refractivity contribution in [1.82, 2.24) is 9.97 Å². The maximum absolute atomic E-state index is 13.1. The fraction of sp³-hybridized carbons (Fsp3) is 0.286. The summed E-state index contributed by atoms with van der Waals surface area (Å²) in [6, 6.07) is 5.26. The maximum atomic E-state index is 13.1. The maximum Gasteiger partial charge on any atom is 0.160 e. The van der Waals surface area contributed by atoms with Crippen LogP contribution >= 0.6 is 0 Å². The summed E-state index contributed by atoms with van der Waals surface area (Å²) >= 11 is 0. The molecule has 1 heterocycles. The lowest BCUT2D eigenvalue weighted by Crippen LogP contribution is -2.06. The van der Waals surface area contributed by atoms with E-state index in [0.717, 1.165) is 25.1 Å². The molecular weight excluding hydrogens is 278 g/mol. The highest BCUT2D eigenvalue weighted by molar-refractivity contribution is 5.58. The number of anilines is 3. The Kier molecular flexibility index (Phi) is 5.39. The van der Waals surface area contributed by atoms with Crippen molar-refractivity contribution in [1.29, 1.82) is 0 Å². The number of hydrogen-bond donors (Lipinski definition) is 2. The standard InChI is InChI=1S/C14H16F2N4O/c1-21-6-2-5-17-13-8-14(19-9-18-13)20-10-3-4-11(15)12(16)7-10/h3-4,7-9H,2,5-6H2,1H3,(H2,17,18,19,20). The van der Waals surface area contributed by atoms with Gasteiger partial charge in [-0.15, -0.1) is 0 Å². The number of nitrogens with zero attached hydrogens (tertiary/aromatic N) is 2. The van der Waals surface area contributed by atoms with E-state index in [0.29, 0.717) is 23.9 Å². The van der Waals surface area contributed by atoms with Crippen molar-refractivity contribution in [2.24, 2.45) is 0 Å². The average molecular weight is 294 g/mol. The summed E-state index contributed by atoms with van der Waals surface area (Å²) in [5.41, 5.74) is 0.415. The first-order chi connectivity index (χ1) is 10.2. The van der Waals surface area contributed by atoms with Crippen molar-refractivity contribution in [3.63, 3.8) is 0 Å². The third-order valence-corrected chi connectivity index (χ3v) is 2.69. The number of nitrogens with one attached hydrogen (secondary N) is 2. The number of halogens is 2. The lowest BCUT2D eigenvalue weighted by molar-refractivity contribution is 0.198. The van der Waals surface area contributed by atoms with Gasteiger partial charge in [-0.25, -0.2) is 18.7 Å². The number of aromatic nitrogens is 2. The van der Waals surface area contributed by atoms with E-state index in [4.69, 9.17) is 4.74 Å². The van der Waals surface area contributed by atoms with E-state index >= 15 is 0 Å². The topological polar surface area (TPSA) is 59.1 Å². The van der Waals surface area contributed by atoms with E-state index in [1.165, 1.54) is 12.4 Å². The van der Waals surface area contributed by atoms with Crippen molar-refractivity contribution >= 4 is 17.3 Å². The molecule has 5 nitrogen and oxygen atoms in total. The second kappa shape index (κ2) is 7.49. The molecule has 112 valence electrons. The molecule has 0 spiro atoms. The molecule has 2 aromatic rings. The number of rotatable bonds is 7. The van der Waals surface area contributed by atoms with Gasteiger partial charge in [-0.3, -0.25) is 0 Å². The van der Waals surface area contributed by atoms with Gasteiger partial charge in [0.2, 0.25) is 0 Å². The van der Waals surface area contributed by atoms with Crippen molar-refractivity contribution in [3.05, 3.63) is 42.2 Å². The molecule has 0 saturated heterocycles. The van der Waals surface area contributed by atoms with Gasteiger partial charge >= 0.3 is 0 Å². The molecule has 2 rings (SSSR count). The van der Waals surface area contributed by atoms with Gasteiger partial charge in [-0.05, 0) is 18.6 Å². The Morgan fingerprint density at radius 2 is 1.90 bits per heavy atom. The van der Waals surface area contributed by atoms with Crippen LogP contribution in [0.25, 0.3) is 0 Å². The van der Waals surface area contributed by atoms with Crippen LogP contribution in [0.3, 0.4) is 0 Å². The molecule has 1 aromatic carbocycles. The van der Waals surface area contributed by atoms with Crippen LogP contribution in [0.15, 0.2) is 30.6 Å². The van der Waals surface area contributed by atoms with Crippen molar-refractivity contribution in [2.45, 2.75) is 6.42 Å². The van der Waals surface area contributed by atoms with Gasteiger partial charge in [0.25, 0.3) is 0 Å². The minimum Gasteiger partial charge on any atom is -0.385 e. The lowest BCUT2D eigenvalue weighted by atomic mass is 10.3. The highest BCUT2D eigenvalue weighted by atomic mass is 19.2. The van der Waals surface area contributed by atoms with Crippen LogP contribution < -0.4 is 10.6 Å². The first-order valence-corrected chi connectivity index (χ1v) is 6.46. The van der Waals surface area contributed by atoms with Crippen molar-refractivity contribution in [3.8, 4) is 0 Å². The zero-order chi connectivity index (χ0) is 15.1.